The SMILES string of the molecule is O=C(c1cn2cc(Br)cnc2n1)N1CCC2(CC1)SCCS2. The molecular weight excluding hydrogens is 384 g/mol. The molecule has 2 aromatic heterocycles. The van der Waals surface area contributed by atoms with Gasteiger partial charge in [0.15, 0.2) is 0 Å². The summed E-state index contributed by atoms with van der Waals surface area (Å²) in [5, 5.41) is 0. The van der Waals surface area contributed by atoms with Gasteiger partial charge in [-0.3, -0.25) is 9.20 Å². The molecule has 0 bridgehead atoms. The van der Waals surface area contributed by atoms with E-state index in [2.05, 4.69) is 49.4 Å². The highest BCUT2D eigenvalue weighted by Crippen LogP contribution is 2.50. The number of rotatable bonds is 1. The van der Waals surface area contributed by atoms with Gasteiger partial charge in [-0.1, -0.05) is 0 Å². The molecule has 0 aromatic carbocycles. The van der Waals surface area contributed by atoms with Crippen molar-refractivity contribution >= 4 is 51.1 Å². The molecule has 1 spiro atoms. The van der Waals surface area contributed by atoms with Gasteiger partial charge in [-0.05, 0) is 28.8 Å². The molecule has 2 aliphatic rings. The molecule has 0 radical (unpaired) electrons. The molecule has 0 saturated carbocycles. The first-order valence-electron chi connectivity index (χ1n) is 7.23. The quantitative estimate of drug-likeness (QED) is 0.738. The number of imidazole rings is 1. The number of carbonyl (C=O) groups excluding carboxylic acids is 1. The minimum absolute atomic E-state index is 0.0180. The summed E-state index contributed by atoms with van der Waals surface area (Å²) in [4.78, 5) is 23.1. The van der Waals surface area contributed by atoms with Crippen molar-refractivity contribution in [2.24, 2.45) is 0 Å². The zero-order valence-corrected chi connectivity index (χ0v) is 15.1. The van der Waals surface area contributed by atoms with Crippen molar-refractivity contribution in [2.45, 2.75) is 16.9 Å². The van der Waals surface area contributed by atoms with E-state index in [1.54, 1.807) is 16.8 Å². The summed E-state index contributed by atoms with van der Waals surface area (Å²) in [6.07, 6.45) is 7.47. The Morgan fingerprint density at radius 3 is 2.68 bits per heavy atom. The van der Waals surface area contributed by atoms with Gasteiger partial charge in [0.1, 0.15) is 5.69 Å². The van der Waals surface area contributed by atoms with Crippen molar-refractivity contribution in [3.05, 3.63) is 28.8 Å². The summed E-state index contributed by atoms with van der Waals surface area (Å²) >= 11 is 7.52. The molecule has 0 unspecified atom stereocenters. The number of fused-ring (bicyclic) bond motifs is 1. The van der Waals surface area contributed by atoms with E-state index in [4.69, 9.17) is 0 Å². The van der Waals surface area contributed by atoms with E-state index in [9.17, 15) is 4.79 Å². The van der Waals surface area contributed by atoms with E-state index in [-0.39, 0.29) is 5.91 Å². The van der Waals surface area contributed by atoms with Gasteiger partial charge < -0.3 is 4.90 Å². The van der Waals surface area contributed by atoms with Crippen LogP contribution in [-0.2, 0) is 0 Å². The van der Waals surface area contributed by atoms with Crippen LogP contribution in [0.15, 0.2) is 23.1 Å². The first-order valence-corrected chi connectivity index (χ1v) is 9.99. The van der Waals surface area contributed by atoms with Crippen molar-refractivity contribution in [1.82, 2.24) is 19.3 Å². The van der Waals surface area contributed by atoms with E-state index < -0.39 is 0 Å². The van der Waals surface area contributed by atoms with Crippen molar-refractivity contribution < 1.29 is 4.79 Å². The van der Waals surface area contributed by atoms with Gasteiger partial charge >= 0.3 is 0 Å². The van der Waals surface area contributed by atoms with Crippen LogP contribution < -0.4 is 0 Å². The minimum Gasteiger partial charge on any atom is -0.337 e. The Hall–Kier alpha value is -0.730. The fraction of sp³-hybridized carbons (Fsp3) is 0.500. The number of amides is 1. The van der Waals surface area contributed by atoms with Crippen molar-refractivity contribution in [3.8, 4) is 0 Å². The fourth-order valence-electron chi connectivity index (χ4n) is 2.96. The van der Waals surface area contributed by atoms with Gasteiger partial charge in [0.05, 0.1) is 8.55 Å². The number of halogens is 1. The molecule has 1 amide bonds. The van der Waals surface area contributed by atoms with E-state index in [1.807, 2.05) is 11.1 Å². The molecule has 0 atom stereocenters. The Labute approximate surface area is 145 Å². The second kappa shape index (κ2) is 5.72. The number of piperidine rings is 1. The lowest BCUT2D eigenvalue weighted by atomic mass is 10.1. The molecule has 2 fully saturated rings. The number of aromatic nitrogens is 3. The van der Waals surface area contributed by atoms with E-state index in [1.165, 1.54) is 11.5 Å². The molecule has 4 heterocycles. The first kappa shape index (κ1) is 14.8. The predicted molar refractivity (Wildman–Crippen MR) is 93.5 cm³/mol. The van der Waals surface area contributed by atoms with Crippen LogP contribution in [0.3, 0.4) is 0 Å². The number of hydrogen-bond acceptors (Lipinski definition) is 5. The minimum atomic E-state index is 0.0180. The summed E-state index contributed by atoms with van der Waals surface area (Å²) in [6.45, 7) is 1.65. The Morgan fingerprint density at radius 2 is 1.95 bits per heavy atom. The van der Waals surface area contributed by atoms with Crippen molar-refractivity contribution in [3.63, 3.8) is 0 Å². The molecule has 5 nitrogen and oxygen atoms in total. The van der Waals surface area contributed by atoms with Crippen LogP contribution in [0, 0.1) is 0 Å². The highest BCUT2D eigenvalue weighted by Gasteiger charge is 2.40. The third-order valence-electron chi connectivity index (χ3n) is 4.12. The topological polar surface area (TPSA) is 50.5 Å². The maximum absolute atomic E-state index is 12.7. The lowest BCUT2D eigenvalue weighted by Gasteiger charge is -2.37. The van der Waals surface area contributed by atoms with E-state index in [0.29, 0.717) is 15.6 Å². The largest absolute Gasteiger partial charge is 0.337 e. The summed E-state index contributed by atoms with van der Waals surface area (Å²) in [5.74, 6) is 3.06. The first-order chi connectivity index (χ1) is 10.7. The van der Waals surface area contributed by atoms with Crippen LogP contribution in [0.1, 0.15) is 23.3 Å². The monoisotopic (exact) mass is 398 g/mol. The number of nitrogens with zero attached hydrogens (tertiary/aromatic N) is 4. The van der Waals surface area contributed by atoms with Crippen LogP contribution in [-0.4, -0.2) is 53.9 Å². The third kappa shape index (κ3) is 2.65. The molecule has 4 rings (SSSR count). The molecule has 2 aromatic rings. The second-order valence-electron chi connectivity index (χ2n) is 5.51. The highest BCUT2D eigenvalue weighted by molar-refractivity contribution is 9.10. The number of thioether (sulfide) groups is 2. The summed E-state index contributed by atoms with van der Waals surface area (Å²) in [7, 11) is 0. The number of likely N-dealkylation sites (tertiary alicyclic amines) is 1. The number of carbonyl (C=O) groups is 1. The van der Waals surface area contributed by atoms with Crippen molar-refractivity contribution in [2.75, 3.05) is 24.6 Å². The summed E-state index contributed by atoms with van der Waals surface area (Å²) < 4.78 is 3.01. The van der Waals surface area contributed by atoms with Crippen LogP contribution in [0.5, 0.6) is 0 Å². The highest BCUT2D eigenvalue weighted by atomic mass is 79.9. The average Bonchev–Trinajstić information content (AvgIpc) is 3.14. The standard InChI is InChI=1S/C14H15BrN4OS2/c15-10-7-16-13-17-11(9-19(13)8-10)12(20)18-3-1-14(2-4-18)21-5-6-22-14/h7-9H,1-6H2. The molecule has 2 aliphatic heterocycles. The second-order valence-corrected chi connectivity index (χ2v) is 9.64. The molecule has 22 heavy (non-hydrogen) atoms. The smallest absolute Gasteiger partial charge is 0.274 e. The van der Waals surface area contributed by atoms with Crippen LogP contribution in [0.4, 0.5) is 0 Å². The van der Waals surface area contributed by atoms with Gasteiger partial charge in [-0.25, -0.2) is 9.97 Å². The fourth-order valence-corrected chi connectivity index (χ4v) is 6.47. The average molecular weight is 399 g/mol. The summed E-state index contributed by atoms with van der Waals surface area (Å²) in [6, 6.07) is 0. The maximum atomic E-state index is 12.7. The van der Waals surface area contributed by atoms with Crippen LogP contribution in [0.2, 0.25) is 0 Å². The van der Waals surface area contributed by atoms with E-state index in [0.717, 1.165) is 30.4 Å². The Kier molecular flexibility index (Phi) is 3.86. The van der Waals surface area contributed by atoms with Crippen LogP contribution in [0.25, 0.3) is 5.78 Å². The predicted octanol–water partition coefficient (Wildman–Crippen LogP) is 2.90. The molecular formula is C14H15BrN4OS2. The lowest BCUT2D eigenvalue weighted by molar-refractivity contribution is 0.0717. The van der Waals surface area contributed by atoms with Gasteiger partial charge in [-0.15, -0.1) is 23.5 Å². The summed E-state index contributed by atoms with van der Waals surface area (Å²) in [5.41, 5.74) is 0.480. The Balaban J connectivity index is 1.51. The molecule has 0 aliphatic carbocycles. The van der Waals surface area contributed by atoms with Gasteiger partial charge in [0.2, 0.25) is 5.78 Å². The Bertz CT molecular complexity index is 719. The van der Waals surface area contributed by atoms with Crippen molar-refractivity contribution in [1.29, 1.82) is 0 Å². The van der Waals surface area contributed by atoms with E-state index >= 15 is 0 Å². The van der Waals surface area contributed by atoms with Crippen LogP contribution >= 0.6 is 39.5 Å². The van der Waals surface area contributed by atoms with Gasteiger partial charge in [0, 0.05) is 43.2 Å². The zero-order valence-electron chi connectivity index (χ0n) is 11.9. The maximum Gasteiger partial charge on any atom is 0.274 e. The number of hydrogen-bond donors (Lipinski definition) is 0. The molecule has 116 valence electrons. The molecule has 2 saturated heterocycles. The molecule has 0 N–H and O–H groups in total. The Morgan fingerprint density at radius 1 is 1.23 bits per heavy atom. The third-order valence-corrected chi connectivity index (χ3v) is 8.18. The molecule has 8 heteroatoms. The van der Waals surface area contributed by atoms with Gasteiger partial charge in [-0.2, -0.15) is 0 Å². The normalized spacial score (nSPS) is 20.9. The zero-order chi connectivity index (χ0) is 15.2. The van der Waals surface area contributed by atoms with Gasteiger partial charge in [0.25, 0.3) is 5.91 Å². The lowest BCUT2D eigenvalue weighted by Crippen LogP contribution is -2.43.